The zero-order valence-corrected chi connectivity index (χ0v) is 15.1. The third-order valence-corrected chi connectivity index (χ3v) is 7.15. The van der Waals surface area contributed by atoms with Crippen LogP contribution in [0.1, 0.15) is 12.8 Å². The SMILES string of the molecule is O=S(=O)(c1ccc(Cl)c(Cl)c1)N1CCC(N2CCOCC2)CC1. The largest absolute Gasteiger partial charge is 0.379 e. The Kier molecular flexibility index (Phi) is 5.50. The van der Waals surface area contributed by atoms with Crippen LogP contribution in [0.2, 0.25) is 10.0 Å². The van der Waals surface area contributed by atoms with Crippen molar-refractivity contribution in [3.63, 3.8) is 0 Å². The quantitative estimate of drug-likeness (QED) is 0.810. The molecule has 2 saturated heterocycles. The molecule has 2 fully saturated rings. The first-order valence-electron chi connectivity index (χ1n) is 7.75. The number of hydrogen-bond donors (Lipinski definition) is 0. The summed E-state index contributed by atoms with van der Waals surface area (Å²) >= 11 is 11.8. The summed E-state index contributed by atoms with van der Waals surface area (Å²) in [6.07, 6.45) is 1.70. The smallest absolute Gasteiger partial charge is 0.243 e. The van der Waals surface area contributed by atoms with Crippen molar-refractivity contribution in [3.8, 4) is 0 Å². The molecule has 8 heteroatoms. The lowest BCUT2D eigenvalue weighted by atomic mass is 10.0. The van der Waals surface area contributed by atoms with Crippen LogP contribution in [0.15, 0.2) is 23.1 Å². The minimum Gasteiger partial charge on any atom is -0.379 e. The topological polar surface area (TPSA) is 49.9 Å². The number of nitrogens with zero attached hydrogens (tertiary/aromatic N) is 2. The summed E-state index contributed by atoms with van der Waals surface area (Å²) in [5.41, 5.74) is 0. The summed E-state index contributed by atoms with van der Waals surface area (Å²) < 4.78 is 32.4. The molecule has 2 heterocycles. The zero-order valence-electron chi connectivity index (χ0n) is 12.7. The molecule has 5 nitrogen and oxygen atoms in total. The van der Waals surface area contributed by atoms with Crippen molar-refractivity contribution in [3.05, 3.63) is 28.2 Å². The van der Waals surface area contributed by atoms with E-state index in [0.29, 0.717) is 24.2 Å². The number of ether oxygens (including phenoxy) is 1. The van der Waals surface area contributed by atoms with E-state index in [4.69, 9.17) is 27.9 Å². The molecule has 0 saturated carbocycles. The number of benzene rings is 1. The highest BCUT2D eigenvalue weighted by Gasteiger charge is 2.32. The average molecular weight is 379 g/mol. The normalized spacial score (nSPS) is 22.3. The van der Waals surface area contributed by atoms with Crippen molar-refractivity contribution in [2.45, 2.75) is 23.8 Å². The van der Waals surface area contributed by atoms with Crippen LogP contribution >= 0.6 is 23.2 Å². The van der Waals surface area contributed by atoms with Crippen LogP contribution in [0.3, 0.4) is 0 Å². The minimum absolute atomic E-state index is 0.205. The van der Waals surface area contributed by atoms with Crippen LogP contribution in [0.25, 0.3) is 0 Å². The van der Waals surface area contributed by atoms with Crippen molar-refractivity contribution in [1.82, 2.24) is 9.21 Å². The standard InChI is InChI=1S/C15H20Cl2N2O3S/c16-14-2-1-13(11-15(14)17)23(20,21)19-5-3-12(4-6-19)18-7-9-22-10-8-18/h1-2,11-12H,3-10H2. The third-order valence-electron chi connectivity index (χ3n) is 4.51. The lowest BCUT2D eigenvalue weighted by molar-refractivity contribution is 0.00610. The van der Waals surface area contributed by atoms with E-state index >= 15 is 0 Å². The Morgan fingerprint density at radius 2 is 1.65 bits per heavy atom. The third kappa shape index (κ3) is 3.83. The second-order valence-corrected chi connectivity index (χ2v) is 8.61. The van der Waals surface area contributed by atoms with Gasteiger partial charge in [-0.25, -0.2) is 8.42 Å². The van der Waals surface area contributed by atoms with Crippen LogP contribution in [0.5, 0.6) is 0 Å². The summed E-state index contributed by atoms with van der Waals surface area (Å²) in [7, 11) is -3.51. The fraction of sp³-hybridized carbons (Fsp3) is 0.600. The van der Waals surface area contributed by atoms with Gasteiger partial charge < -0.3 is 4.74 Å². The number of rotatable bonds is 3. The van der Waals surface area contributed by atoms with Gasteiger partial charge >= 0.3 is 0 Å². The molecule has 1 aromatic carbocycles. The number of morpholine rings is 1. The highest BCUT2D eigenvalue weighted by Crippen LogP contribution is 2.28. The van der Waals surface area contributed by atoms with E-state index in [1.807, 2.05) is 0 Å². The Morgan fingerprint density at radius 1 is 1.00 bits per heavy atom. The average Bonchev–Trinajstić information content (AvgIpc) is 2.58. The molecular weight excluding hydrogens is 359 g/mol. The van der Waals surface area contributed by atoms with Gasteiger partial charge in [-0.3, -0.25) is 4.90 Å². The second kappa shape index (κ2) is 7.25. The van der Waals surface area contributed by atoms with E-state index in [9.17, 15) is 8.42 Å². The summed E-state index contributed by atoms with van der Waals surface area (Å²) in [5, 5.41) is 0.618. The highest BCUT2D eigenvalue weighted by atomic mass is 35.5. The Morgan fingerprint density at radius 3 is 2.26 bits per heavy atom. The number of halogens is 2. The van der Waals surface area contributed by atoms with E-state index in [-0.39, 0.29) is 9.92 Å². The molecule has 0 bridgehead atoms. The first-order chi connectivity index (χ1) is 11.0. The summed E-state index contributed by atoms with van der Waals surface area (Å²) in [6.45, 7) is 4.47. The molecule has 0 aliphatic carbocycles. The molecule has 0 unspecified atom stereocenters. The van der Waals surface area contributed by atoms with Crippen LogP contribution in [-0.2, 0) is 14.8 Å². The van der Waals surface area contributed by atoms with Gasteiger partial charge in [-0.15, -0.1) is 0 Å². The maximum Gasteiger partial charge on any atom is 0.243 e. The molecule has 0 atom stereocenters. The molecule has 2 aliphatic heterocycles. The van der Waals surface area contributed by atoms with Crippen molar-refractivity contribution in [2.75, 3.05) is 39.4 Å². The molecule has 0 aromatic heterocycles. The van der Waals surface area contributed by atoms with Crippen LogP contribution < -0.4 is 0 Å². The van der Waals surface area contributed by atoms with Gasteiger partial charge in [0, 0.05) is 32.2 Å². The van der Waals surface area contributed by atoms with Gasteiger partial charge in [-0.1, -0.05) is 23.2 Å². The van der Waals surface area contributed by atoms with Gasteiger partial charge in [0.25, 0.3) is 0 Å². The summed E-state index contributed by atoms with van der Waals surface area (Å²) in [6, 6.07) is 4.90. The van der Waals surface area contributed by atoms with Gasteiger partial charge in [0.2, 0.25) is 10.0 Å². The maximum atomic E-state index is 12.7. The van der Waals surface area contributed by atoms with E-state index < -0.39 is 10.0 Å². The fourth-order valence-electron chi connectivity index (χ4n) is 3.18. The first-order valence-corrected chi connectivity index (χ1v) is 9.95. The summed E-state index contributed by atoms with van der Waals surface area (Å²) in [5.74, 6) is 0. The van der Waals surface area contributed by atoms with Crippen LogP contribution in [-0.4, -0.2) is 63.1 Å². The van der Waals surface area contributed by atoms with Crippen molar-refractivity contribution < 1.29 is 13.2 Å². The van der Waals surface area contributed by atoms with Crippen LogP contribution in [0.4, 0.5) is 0 Å². The van der Waals surface area contributed by atoms with Gasteiger partial charge in [0.05, 0.1) is 28.2 Å². The second-order valence-electron chi connectivity index (χ2n) is 5.86. The van der Waals surface area contributed by atoms with E-state index in [1.165, 1.54) is 18.2 Å². The predicted octanol–water partition coefficient (Wildman–Crippen LogP) is 2.48. The molecule has 0 radical (unpaired) electrons. The molecule has 0 spiro atoms. The van der Waals surface area contributed by atoms with Gasteiger partial charge in [-0.05, 0) is 31.0 Å². The van der Waals surface area contributed by atoms with Crippen molar-refractivity contribution >= 4 is 33.2 Å². The van der Waals surface area contributed by atoms with E-state index in [1.54, 1.807) is 4.31 Å². The first kappa shape index (κ1) is 17.5. The maximum absolute atomic E-state index is 12.7. The van der Waals surface area contributed by atoms with Gasteiger partial charge in [-0.2, -0.15) is 4.31 Å². The van der Waals surface area contributed by atoms with Crippen LogP contribution in [0, 0.1) is 0 Å². The van der Waals surface area contributed by atoms with Crippen molar-refractivity contribution in [2.24, 2.45) is 0 Å². The number of hydrogen-bond acceptors (Lipinski definition) is 4. The molecule has 0 amide bonds. The minimum atomic E-state index is -3.51. The monoisotopic (exact) mass is 378 g/mol. The van der Waals surface area contributed by atoms with E-state index in [0.717, 1.165) is 39.1 Å². The van der Waals surface area contributed by atoms with Gasteiger partial charge in [0.15, 0.2) is 0 Å². The Balaban J connectivity index is 1.67. The zero-order chi connectivity index (χ0) is 16.4. The molecule has 23 heavy (non-hydrogen) atoms. The number of sulfonamides is 1. The van der Waals surface area contributed by atoms with E-state index in [2.05, 4.69) is 4.90 Å². The Bertz CT molecular complexity index is 655. The highest BCUT2D eigenvalue weighted by molar-refractivity contribution is 7.89. The molecule has 3 rings (SSSR count). The predicted molar refractivity (Wildman–Crippen MR) is 90.6 cm³/mol. The fourth-order valence-corrected chi connectivity index (χ4v) is 5.04. The molecular formula is C15H20Cl2N2O3S. The molecule has 2 aliphatic rings. The Labute approximate surface area is 147 Å². The molecule has 128 valence electrons. The lowest BCUT2D eigenvalue weighted by Crippen LogP contribution is -2.50. The van der Waals surface area contributed by atoms with Gasteiger partial charge in [0.1, 0.15) is 0 Å². The van der Waals surface area contributed by atoms with Crippen molar-refractivity contribution in [1.29, 1.82) is 0 Å². The summed E-state index contributed by atoms with van der Waals surface area (Å²) in [4.78, 5) is 2.61. The molecule has 1 aromatic rings. The Hall–Kier alpha value is -0.370. The lowest BCUT2D eigenvalue weighted by Gasteiger charge is -2.39. The number of piperidine rings is 1. The molecule has 0 N–H and O–H groups in total.